The van der Waals surface area contributed by atoms with Crippen LogP contribution in [0.1, 0.15) is 0 Å². The molecule has 2 unspecified atom stereocenters. The van der Waals surface area contributed by atoms with Crippen LogP contribution in [0.3, 0.4) is 0 Å². The summed E-state index contributed by atoms with van der Waals surface area (Å²) < 4.78 is 1.35. The van der Waals surface area contributed by atoms with E-state index >= 15 is 0 Å². The van der Waals surface area contributed by atoms with Crippen LogP contribution in [-0.2, 0) is 46.7 Å². The Morgan fingerprint density at radius 1 is 1.00 bits per heavy atom. The summed E-state index contributed by atoms with van der Waals surface area (Å²) in [7, 11) is 11.2. The topological polar surface area (TPSA) is 40.5 Å². The van der Waals surface area contributed by atoms with Gasteiger partial charge in [-0.15, -0.1) is 0 Å². The summed E-state index contributed by atoms with van der Waals surface area (Å²) in [5, 5.41) is 18.3. The molecule has 54 valence electrons. The van der Waals surface area contributed by atoms with Crippen molar-refractivity contribution in [2.75, 3.05) is 0 Å². The zero-order valence-electron chi connectivity index (χ0n) is 5.63. The molecule has 0 radical (unpaired) electrons. The van der Waals surface area contributed by atoms with Gasteiger partial charge >= 0.3 is 93.5 Å². The fraction of sp³-hybridized carbons (Fsp3) is 1.00. The average molecular weight is 560 g/mol. The van der Waals surface area contributed by atoms with Gasteiger partial charge in [-0.05, 0) is 0 Å². The van der Waals surface area contributed by atoms with Gasteiger partial charge in [-0.2, -0.15) is 0 Å². The van der Waals surface area contributed by atoms with Crippen molar-refractivity contribution in [1.82, 2.24) is 0 Å². The van der Waals surface area contributed by atoms with Gasteiger partial charge in [-0.25, -0.2) is 0 Å². The molecule has 6 heteroatoms. The predicted molar refractivity (Wildman–Crippen MR) is 33.3 cm³/mol. The zero-order valence-corrected chi connectivity index (χ0v) is 18.1. The Bertz CT molecular complexity index is 75.7. The van der Waals surface area contributed by atoms with Crippen LogP contribution in [0, 0.1) is 0 Å². The monoisotopic (exact) mass is 562 g/mol. The van der Waals surface area contributed by atoms with E-state index in [9.17, 15) is 0 Å². The second kappa shape index (κ2) is 7.99. The third kappa shape index (κ3) is 5.95. The Hall–Kier alpha value is 2.37. The van der Waals surface area contributed by atoms with Crippen molar-refractivity contribution in [1.29, 1.82) is 0 Å². The standard InChI is InChI=1S/C4H8O2.2ClH.2Hg/c1-3(5)4(2)6;;;;/h3-6H,1-2H2;2*1H;;/q;;;2*+1/p-2. The van der Waals surface area contributed by atoms with E-state index in [1.165, 1.54) is 0 Å². The van der Waals surface area contributed by atoms with Gasteiger partial charge in [0.2, 0.25) is 0 Å². The van der Waals surface area contributed by atoms with Gasteiger partial charge in [0.1, 0.15) is 0 Å². The second-order valence-electron chi connectivity index (χ2n) is 2.09. The molecule has 0 bridgehead atoms. The molecule has 10 heavy (non-hydrogen) atoms. The van der Waals surface area contributed by atoms with E-state index in [-0.39, 0.29) is 0 Å². The molecule has 0 aromatic heterocycles. The average Bonchev–Trinajstić information content (AvgIpc) is 1.89. The molecule has 0 amide bonds. The van der Waals surface area contributed by atoms with Crippen LogP contribution < -0.4 is 0 Å². The maximum atomic E-state index is 9.15. The summed E-state index contributed by atoms with van der Waals surface area (Å²) >= 11 is -2.54. The van der Waals surface area contributed by atoms with Gasteiger partial charge < -0.3 is 0 Å². The Morgan fingerprint density at radius 3 is 1.50 bits per heavy atom. The van der Waals surface area contributed by atoms with E-state index in [0.29, 0.717) is 7.86 Å². The zero-order chi connectivity index (χ0) is 7.98. The fourth-order valence-electron chi connectivity index (χ4n) is 0.608. The molecule has 2 nitrogen and oxygen atoms in total. The van der Waals surface area contributed by atoms with Crippen molar-refractivity contribution in [2.45, 2.75) is 20.1 Å². The van der Waals surface area contributed by atoms with Crippen molar-refractivity contribution in [3.63, 3.8) is 0 Å². The first kappa shape index (κ1) is 12.4. The minimum atomic E-state index is -1.27. The van der Waals surface area contributed by atoms with Crippen LogP contribution in [0.2, 0.25) is 7.86 Å². The summed E-state index contributed by atoms with van der Waals surface area (Å²) in [5.41, 5.74) is 0. The molecule has 0 aliphatic carbocycles. The molecule has 0 saturated heterocycles. The van der Waals surface area contributed by atoms with Crippen LogP contribution in [-0.4, -0.2) is 22.4 Å². The molecule has 0 aromatic rings. The summed E-state index contributed by atoms with van der Waals surface area (Å²) in [6, 6.07) is 0. The number of hydrogen-bond acceptors (Lipinski definition) is 2. The van der Waals surface area contributed by atoms with Gasteiger partial charge in [0.25, 0.3) is 0 Å². The molecular formula is C4H8Cl2Hg2O2. The molecule has 0 spiro atoms. The van der Waals surface area contributed by atoms with E-state index < -0.39 is 58.9 Å². The first-order valence-electron chi connectivity index (χ1n) is 3.20. The van der Waals surface area contributed by atoms with Crippen molar-refractivity contribution < 1.29 is 56.9 Å². The maximum absolute atomic E-state index is 9.15. The molecule has 0 aromatic carbocycles. The second-order valence-corrected chi connectivity index (χ2v) is 16.2. The van der Waals surface area contributed by atoms with Crippen molar-refractivity contribution >= 4 is 16.5 Å². The van der Waals surface area contributed by atoms with Crippen molar-refractivity contribution in [3.8, 4) is 0 Å². The van der Waals surface area contributed by atoms with Crippen LogP contribution in [0.15, 0.2) is 0 Å². The molecule has 0 aliphatic heterocycles. The molecule has 0 rings (SSSR count). The molecule has 2 N–H and O–H groups in total. The van der Waals surface area contributed by atoms with Crippen LogP contribution in [0.4, 0.5) is 0 Å². The molecule has 2 atom stereocenters. The van der Waals surface area contributed by atoms with E-state index in [1.807, 2.05) is 0 Å². The Morgan fingerprint density at radius 2 is 1.30 bits per heavy atom. The summed E-state index contributed by atoms with van der Waals surface area (Å²) in [6.45, 7) is 0. The number of aliphatic hydroxyl groups excluding tert-OH is 2. The quantitative estimate of drug-likeness (QED) is 0.494. The summed E-state index contributed by atoms with van der Waals surface area (Å²) in [4.78, 5) is 0. The van der Waals surface area contributed by atoms with E-state index in [1.54, 1.807) is 0 Å². The molecular weight excluding hydrogens is 552 g/mol. The third-order valence-electron chi connectivity index (χ3n) is 1.25. The molecule has 0 fully saturated rings. The van der Waals surface area contributed by atoms with Crippen LogP contribution in [0.5, 0.6) is 0 Å². The van der Waals surface area contributed by atoms with Gasteiger partial charge in [0, 0.05) is 0 Å². The first-order valence-corrected chi connectivity index (χ1v) is 24.5. The fourth-order valence-corrected chi connectivity index (χ4v) is 9.26. The molecule has 0 aliphatic rings. The predicted octanol–water partition coefficient (Wildman–Crippen LogP) is 1.02. The molecule has 0 saturated carbocycles. The first-order chi connectivity index (χ1) is 4.72. The normalized spacial score (nSPS) is 15.2. The number of aliphatic hydroxyl groups is 2. The van der Waals surface area contributed by atoms with Gasteiger partial charge in [0.05, 0.1) is 0 Å². The van der Waals surface area contributed by atoms with Gasteiger partial charge in [-0.3, -0.25) is 0 Å². The Kier molecular flexibility index (Phi) is 9.88. The van der Waals surface area contributed by atoms with E-state index in [0.717, 1.165) is 0 Å². The van der Waals surface area contributed by atoms with E-state index in [2.05, 4.69) is 0 Å². The number of rotatable bonds is 5. The summed E-state index contributed by atoms with van der Waals surface area (Å²) in [5.74, 6) is 0. The van der Waals surface area contributed by atoms with Gasteiger partial charge in [0.15, 0.2) is 0 Å². The van der Waals surface area contributed by atoms with Crippen LogP contribution in [0.25, 0.3) is 0 Å². The van der Waals surface area contributed by atoms with Gasteiger partial charge in [-0.1, -0.05) is 0 Å². The van der Waals surface area contributed by atoms with E-state index in [4.69, 9.17) is 26.7 Å². The van der Waals surface area contributed by atoms with Crippen molar-refractivity contribution in [2.24, 2.45) is 0 Å². The number of halogens is 2. The van der Waals surface area contributed by atoms with Crippen molar-refractivity contribution in [3.05, 3.63) is 0 Å². The SMILES string of the molecule is OC([CH2][Hg][Cl])C(O)[CH2][Hg][Cl]. The number of hydrogen-bond donors (Lipinski definition) is 2. The minimum absolute atomic E-state index is 0.571. The van der Waals surface area contributed by atoms with Crippen LogP contribution >= 0.6 is 16.5 Å². The Balaban J connectivity index is 3.38. The molecule has 0 heterocycles. The Labute approximate surface area is 92.0 Å². The summed E-state index contributed by atoms with van der Waals surface area (Å²) in [6.07, 6.45) is -1.14. The third-order valence-corrected chi connectivity index (χ3v) is 11.4.